The molecule has 0 saturated carbocycles. The molecule has 2 N–H and O–H groups in total. The zero-order chi connectivity index (χ0) is 14.9. The third kappa shape index (κ3) is 6.00. The lowest BCUT2D eigenvalue weighted by Crippen LogP contribution is -2.38. The number of nitrogens with one attached hydrogen (secondary N) is 2. The molecular weight excluding hydrogens is 391 g/mol. The van der Waals surface area contributed by atoms with Gasteiger partial charge in [-0.25, -0.2) is 4.99 Å². The first-order valence-electron chi connectivity index (χ1n) is 7.18. The van der Waals surface area contributed by atoms with Gasteiger partial charge in [0.2, 0.25) is 0 Å². The highest BCUT2D eigenvalue weighted by molar-refractivity contribution is 14.0. The highest BCUT2D eigenvalue weighted by Gasteiger charge is 2.00. The number of halogens is 1. The van der Waals surface area contributed by atoms with Crippen LogP contribution in [0.25, 0.3) is 0 Å². The zero-order valence-corrected chi connectivity index (χ0v) is 15.3. The van der Waals surface area contributed by atoms with E-state index in [1.54, 1.807) is 6.20 Å². The van der Waals surface area contributed by atoms with Gasteiger partial charge in [0, 0.05) is 44.6 Å². The predicted octanol–water partition coefficient (Wildman–Crippen LogP) is 1.73. The van der Waals surface area contributed by atoms with Crippen molar-refractivity contribution in [2.75, 3.05) is 13.1 Å². The van der Waals surface area contributed by atoms with Crippen LogP contribution in [-0.2, 0) is 20.0 Å². The molecule has 0 amide bonds. The molecule has 2 rings (SSSR count). The van der Waals surface area contributed by atoms with Crippen LogP contribution in [0.4, 0.5) is 0 Å². The van der Waals surface area contributed by atoms with E-state index in [1.165, 1.54) is 0 Å². The summed E-state index contributed by atoms with van der Waals surface area (Å²) in [5.74, 6) is 0.814. The van der Waals surface area contributed by atoms with E-state index in [4.69, 9.17) is 0 Å². The van der Waals surface area contributed by atoms with Gasteiger partial charge >= 0.3 is 0 Å². The molecular formula is C15H23IN6. The number of rotatable bonds is 6. The Hall–Kier alpha value is -1.64. The molecule has 0 fully saturated rings. The Morgan fingerprint density at radius 1 is 1.23 bits per heavy atom. The number of aromatic nitrogens is 3. The highest BCUT2D eigenvalue weighted by atomic mass is 127. The molecule has 0 aliphatic carbocycles. The fourth-order valence-electron chi connectivity index (χ4n) is 1.91. The topological polar surface area (TPSA) is 67.1 Å². The van der Waals surface area contributed by atoms with Crippen molar-refractivity contribution in [3.05, 3.63) is 48.0 Å². The van der Waals surface area contributed by atoms with E-state index < -0.39 is 0 Å². The van der Waals surface area contributed by atoms with Gasteiger partial charge in [0.15, 0.2) is 5.96 Å². The maximum atomic E-state index is 4.56. The first-order chi connectivity index (χ1) is 10.3. The minimum atomic E-state index is 0. The number of pyridine rings is 1. The van der Waals surface area contributed by atoms with Crippen molar-refractivity contribution in [2.24, 2.45) is 12.0 Å². The van der Waals surface area contributed by atoms with Crippen LogP contribution in [0, 0.1) is 0 Å². The smallest absolute Gasteiger partial charge is 0.191 e. The van der Waals surface area contributed by atoms with E-state index in [1.807, 2.05) is 42.2 Å². The Kier molecular flexibility index (Phi) is 8.49. The third-order valence-electron chi connectivity index (χ3n) is 3.07. The van der Waals surface area contributed by atoms with E-state index in [9.17, 15) is 0 Å². The number of nitrogens with zero attached hydrogens (tertiary/aromatic N) is 4. The second-order valence-electron chi connectivity index (χ2n) is 4.64. The van der Waals surface area contributed by atoms with Gasteiger partial charge in [-0.1, -0.05) is 6.07 Å². The summed E-state index contributed by atoms with van der Waals surface area (Å²) in [6.45, 7) is 4.30. The van der Waals surface area contributed by atoms with Gasteiger partial charge < -0.3 is 10.6 Å². The summed E-state index contributed by atoms with van der Waals surface area (Å²) >= 11 is 0. The van der Waals surface area contributed by atoms with Crippen LogP contribution < -0.4 is 10.6 Å². The SMILES string of the molecule is CCNC(=NCc1ccnn1C)NCCc1ccccn1.I. The molecule has 0 unspecified atom stereocenters. The molecule has 0 aliphatic rings. The first kappa shape index (κ1) is 18.4. The van der Waals surface area contributed by atoms with Crippen LogP contribution in [0.5, 0.6) is 0 Å². The average Bonchev–Trinajstić information content (AvgIpc) is 2.91. The lowest BCUT2D eigenvalue weighted by molar-refractivity contribution is 0.706. The minimum absolute atomic E-state index is 0. The maximum Gasteiger partial charge on any atom is 0.191 e. The molecule has 0 radical (unpaired) electrons. The van der Waals surface area contributed by atoms with Gasteiger partial charge in [-0.3, -0.25) is 9.67 Å². The molecule has 6 nitrogen and oxygen atoms in total. The van der Waals surface area contributed by atoms with Crippen molar-refractivity contribution < 1.29 is 0 Å². The zero-order valence-electron chi connectivity index (χ0n) is 13.0. The Morgan fingerprint density at radius 3 is 2.73 bits per heavy atom. The Morgan fingerprint density at radius 2 is 2.09 bits per heavy atom. The largest absolute Gasteiger partial charge is 0.357 e. The molecule has 0 aromatic carbocycles. The standard InChI is InChI=1S/C15H22N6.HI/c1-3-16-15(19-12-14-8-11-20-21(14)2)18-10-7-13-6-4-5-9-17-13;/h4-6,8-9,11H,3,7,10,12H2,1-2H3,(H2,16,18,19);1H. The van der Waals surface area contributed by atoms with Crippen LogP contribution >= 0.6 is 24.0 Å². The van der Waals surface area contributed by atoms with Crippen LogP contribution in [0.15, 0.2) is 41.7 Å². The molecule has 0 bridgehead atoms. The van der Waals surface area contributed by atoms with Gasteiger partial charge in [-0.15, -0.1) is 24.0 Å². The number of hydrogen-bond donors (Lipinski definition) is 2. The summed E-state index contributed by atoms with van der Waals surface area (Å²) in [4.78, 5) is 8.87. The molecule has 120 valence electrons. The number of aryl methyl sites for hydroxylation is 1. The van der Waals surface area contributed by atoms with Crippen LogP contribution in [-0.4, -0.2) is 33.8 Å². The molecule has 2 heterocycles. The Bertz CT molecular complexity index is 566. The van der Waals surface area contributed by atoms with Crippen molar-refractivity contribution in [3.63, 3.8) is 0 Å². The molecule has 0 saturated heterocycles. The molecule has 0 aliphatic heterocycles. The summed E-state index contributed by atoms with van der Waals surface area (Å²) in [5, 5.41) is 10.7. The van der Waals surface area contributed by atoms with E-state index >= 15 is 0 Å². The van der Waals surface area contributed by atoms with Gasteiger partial charge in [0.25, 0.3) is 0 Å². The normalized spacial score (nSPS) is 10.9. The lowest BCUT2D eigenvalue weighted by Gasteiger charge is -2.11. The van der Waals surface area contributed by atoms with Gasteiger partial charge in [0.05, 0.1) is 12.2 Å². The Balaban J connectivity index is 0.00000242. The van der Waals surface area contributed by atoms with Crippen LogP contribution in [0.3, 0.4) is 0 Å². The van der Waals surface area contributed by atoms with Gasteiger partial charge in [0.1, 0.15) is 0 Å². The monoisotopic (exact) mass is 414 g/mol. The van der Waals surface area contributed by atoms with Crippen molar-refractivity contribution in [2.45, 2.75) is 19.9 Å². The molecule has 2 aromatic heterocycles. The van der Waals surface area contributed by atoms with Gasteiger partial charge in [-0.2, -0.15) is 5.10 Å². The first-order valence-corrected chi connectivity index (χ1v) is 7.18. The predicted molar refractivity (Wildman–Crippen MR) is 99.4 cm³/mol. The lowest BCUT2D eigenvalue weighted by atomic mass is 10.3. The van der Waals surface area contributed by atoms with Crippen molar-refractivity contribution in [3.8, 4) is 0 Å². The second-order valence-corrected chi connectivity index (χ2v) is 4.64. The van der Waals surface area contributed by atoms with E-state index in [2.05, 4.69) is 32.6 Å². The average molecular weight is 414 g/mol. The number of aliphatic imine (C=N–C) groups is 1. The highest BCUT2D eigenvalue weighted by Crippen LogP contribution is 1.98. The molecule has 22 heavy (non-hydrogen) atoms. The van der Waals surface area contributed by atoms with Crippen molar-refractivity contribution in [1.29, 1.82) is 0 Å². The Labute approximate surface area is 148 Å². The summed E-state index contributed by atoms with van der Waals surface area (Å²) in [6.07, 6.45) is 4.47. The summed E-state index contributed by atoms with van der Waals surface area (Å²) < 4.78 is 1.83. The number of hydrogen-bond acceptors (Lipinski definition) is 3. The summed E-state index contributed by atoms with van der Waals surface area (Å²) in [6, 6.07) is 7.93. The molecule has 0 spiro atoms. The van der Waals surface area contributed by atoms with Crippen molar-refractivity contribution in [1.82, 2.24) is 25.4 Å². The maximum absolute atomic E-state index is 4.56. The summed E-state index contributed by atoms with van der Waals surface area (Å²) in [7, 11) is 1.92. The van der Waals surface area contributed by atoms with Gasteiger partial charge in [-0.05, 0) is 25.1 Å². The fraction of sp³-hybridized carbons (Fsp3) is 0.400. The van der Waals surface area contributed by atoms with E-state index in [0.717, 1.165) is 36.9 Å². The van der Waals surface area contributed by atoms with Crippen LogP contribution in [0.1, 0.15) is 18.3 Å². The number of guanidine groups is 1. The fourth-order valence-corrected chi connectivity index (χ4v) is 1.91. The molecule has 0 atom stereocenters. The second kappa shape index (κ2) is 10.1. The molecule has 2 aromatic rings. The van der Waals surface area contributed by atoms with Crippen molar-refractivity contribution >= 4 is 29.9 Å². The van der Waals surface area contributed by atoms with Crippen LogP contribution in [0.2, 0.25) is 0 Å². The molecule has 7 heteroatoms. The quantitative estimate of drug-likeness (QED) is 0.429. The third-order valence-corrected chi connectivity index (χ3v) is 3.07. The summed E-state index contributed by atoms with van der Waals surface area (Å²) in [5.41, 5.74) is 2.16. The van der Waals surface area contributed by atoms with E-state index in [0.29, 0.717) is 6.54 Å². The minimum Gasteiger partial charge on any atom is -0.357 e. The van der Waals surface area contributed by atoms with E-state index in [-0.39, 0.29) is 24.0 Å².